The fourth-order valence-electron chi connectivity index (χ4n) is 2.52. The molecule has 1 unspecified atom stereocenters. The number of nitrogens with one attached hydrogen (secondary N) is 1. The maximum absolute atomic E-state index is 14.3. The predicted octanol–water partition coefficient (Wildman–Crippen LogP) is 0.759. The summed E-state index contributed by atoms with van der Waals surface area (Å²) in [4.78, 5) is 1.91. The van der Waals surface area contributed by atoms with Crippen molar-refractivity contribution in [1.29, 1.82) is 0 Å². The molecule has 0 saturated carbocycles. The summed E-state index contributed by atoms with van der Waals surface area (Å²) < 4.78 is 24.7. The van der Waals surface area contributed by atoms with Gasteiger partial charge in [0.1, 0.15) is 5.82 Å². The molecule has 1 fully saturated rings. The lowest BCUT2D eigenvalue weighted by molar-refractivity contribution is 0.0722. The summed E-state index contributed by atoms with van der Waals surface area (Å²) in [5.74, 6) is -0.263. The van der Waals surface area contributed by atoms with Crippen molar-refractivity contribution in [3.63, 3.8) is 0 Å². The van der Waals surface area contributed by atoms with Crippen molar-refractivity contribution in [2.24, 2.45) is 0 Å². The minimum atomic E-state index is -0.263. The van der Waals surface area contributed by atoms with E-state index in [0.717, 1.165) is 5.56 Å². The van der Waals surface area contributed by atoms with Gasteiger partial charge in [-0.1, -0.05) is 12.1 Å². The summed E-state index contributed by atoms with van der Waals surface area (Å²) in [5.41, 5.74) is 1.44. The van der Waals surface area contributed by atoms with Crippen molar-refractivity contribution < 1.29 is 19.0 Å². The molecule has 1 aliphatic heterocycles. The number of para-hydroxylation sites is 1. The molecule has 2 rings (SSSR count). The van der Waals surface area contributed by atoms with E-state index in [4.69, 9.17) is 9.47 Å². The van der Waals surface area contributed by atoms with Crippen LogP contribution in [0.2, 0.25) is 0 Å². The van der Waals surface area contributed by atoms with Crippen molar-refractivity contribution >= 4 is 5.69 Å². The summed E-state index contributed by atoms with van der Waals surface area (Å²) >= 11 is 0. The van der Waals surface area contributed by atoms with Crippen molar-refractivity contribution in [3.05, 3.63) is 29.6 Å². The van der Waals surface area contributed by atoms with Gasteiger partial charge in [-0.2, -0.15) is 0 Å². The Morgan fingerprint density at radius 1 is 1.52 bits per heavy atom. The summed E-state index contributed by atoms with van der Waals surface area (Å²) in [6.07, 6.45) is 0. The number of morpholine rings is 1. The van der Waals surface area contributed by atoms with E-state index >= 15 is 0 Å². The van der Waals surface area contributed by atoms with Crippen molar-refractivity contribution in [2.45, 2.75) is 12.6 Å². The molecule has 2 N–H and O–H groups in total. The van der Waals surface area contributed by atoms with E-state index in [1.165, 1.54) is 6.07 Å². The molecular weight excluding hydrogens is 275 g/mol. The average Bonchev–Trinajstić information content (AvgIpc) is 2.52. The van der Waals surface area contributed by atoms with Gasteiger partial charge in [0.05, 0.1) is 38.2 Å². The molecule has 1 atom stereocenters. The molecule has 1 aromatic rings. The Morgan fingerprint density at radius 3 is 3.14 bits per heavy atom. The quantitative estimate of drug-likeness (QED) is 0.728. The van der Waals surface area contributed by atoms with Gasteiger partial charge in [-0.3, -0.25) is 0 Å². The van der Waals surface area contributed by atoms with Crippen LogP contribution in [-0.2, 0) is 16.0 Å². The van der Waals surface area contributed by atoms with Gasteiger partial charge in [0.15, 0.2) is 0 Å². The molecule has 1 aliphatic rings. The van der Waals surface area contributed by atoms with E-state index in [1.54, 1.807) is 13.2 Å². The molecule has 0 aliphatic carbocycles. The Bertz CT molecular complexity index is 445. The Hall–Kier alpha value is -1.21. The number of aliphatic hydroxyl groups is 1. The Morgan fingerprint density at radius 2 is 2.38 bits per heavy atom. The number of aliphatic hydroxyl groups excluding tert-OH is 1. The fraction of sp³-hybridized carbons (Fsp3) is 0.600. The van der Waals surface area contributed by atoms with Gasteiger partial charge in [0.2, 0.25) is 0 Å². The molecule has 1 aromatic carbocycles. The molecular formula is C15H23FN2O3. The van der Waals surface area contributed by atoms with Crippen LogP contribution in [0.4, 0.5) is 10.1 Å². The highest BCUT2D eigenvalue weighted by Crippen LogP contribution is 2.27. The SMILES string of the molecule is COCCNCc1cccc(F)c1N1CCOCC1CO. The highest BCUT2D eigenvalue weighted by atomic mass is 19.1. The predicted molar refractivity (Wildman–Crippen MR) is 79.0 cm³/mol. The maximum Gasteiger partial charge on any atom is 0.146 e. The number of ether oxygens (including phenoxy) is 2. The first-order chi connectivity index (χ1) is 10.3. The van der Waals surface area contributed by atoms with Crippen molar-refractivity contribution in [2.75, 3.05) is 51.5 Å². The third-order valence-corrected chi connectivity index (χ3v) is 3.59. The van der Waals surface area contributed by atoms with Crippen LogP contribution in [0.25, 0.3) is 0 Å². The van der Waals surface area contributed by atoms with Crippen LogP contribution in [0, 0.1) is 5.82 Å². The number of hydrogen-bond acceptors (Lipinski definition) is 5. The van der Waals surface area contributed by atoms with E-state index in [-0.39, 0.29) is 18.5 Å². The lowest BCUT2D eigenvalue weighted by Crippen LogP contribution is -2.48. The highest BCUT2D eigenvalue weighted by molar-refractivity contribution is 5.56. The first-order valence-corrected chi connectivity index (χ1v) is 7.20. The van der Waals surface area contributed by atoms with Crippen LogP contribution in [0.1, 0.15) is 5.56 Å². The average molecular weight is 298 g/mol. The van der Waals surface area contributed by atoms with E-state index < -0.39 is 0 Å². The van der Waals surface area contributed by atoms with Gasteiger partial charge in [-0.05, 0) is 11.6 Å². The third kappa shape index (κ3) is 4.14. The molecule has 0 radical (unpaired) electrons. The number of halogens is 1. The first-order valence-electron chi connectivity index (χ1n) is 7.20. The van der Waals surface area contributed by atoms with Crippen LogP contribution >= 0.6 is 0 Å². The lowest BCUT2D eigenvalue weighted by Gasteiger charge is -2.37. The van der Waals surface area contributed by atoms with Gasteiger partial charge in [0, 0.05) is 26.7 Å². The van der Waals surface area contributed by atoms with E-state index in [0.29, 0.717) is 45.1 Å². The number of hydrogen-bond donors (Lipinski definition) is 2. The lowest BCUT2D eigenvalue weighted by atomic mass is 10.1. The number of anilines is 1. The van der Waals surface area contributed by atoms with E-state index in [2.05, 4.69) is 5.32 Å². The summed E-state index contributed by atoms with van der Waals surface area (Å²) in [7, 11) is 1.65. The van der Waals surface area contributed by atoms with Crippen molar-refractivity contribution in [1.82, 2.24) is 5.32 Å². The Balaban J connectivity index is 2.16. The summed E-state index contributed by atoms with van der Waals surface area (Å²) in [6.45, 7) is 3.37. The van der Waals surface area contributed by atoms with Gasteiger partial charge >= 0.3 is 0 Å². The molecule has 0 bridgehead atoms. The molecule has 21 heavy (non-hydrogen) atoms. The Labute approximate surface area is 124 Å². The smallest absolute Gasteiger partial charge is 0.146 e. The molecule has 5 nitrogen and oxygen atoms in total. The Kier molecular flexibility index (Phi) is 6.38. The summed E-state index contributed by atoms with van der Waals surface area (Å²) in [6, 6.07) is 4.87. The standard InChI is InChI=1S/C15H23FN2O3/c1-20-7-5-17-9-12-3-2-4-14(16)15(12)18-6-8-21-11-13(18)10-19/h2-4,13,17,19H,5-11H2,1H3. The minimum Gasteiger partial charge on any atom is -0.394 e. The van der Waals surface area contributed by atoms with Crippen LogP contribution in [0.15, 0.2) is 18.2 Å². The molecule has 6 heteroatoms. The van der Waals surface area contributed by atoms with E-state index in [1.807, 2.05) is 11.0 Å². The normalized spacial score (nSPS) is 19.0. The minimum absolute atomic E-state index is 0.0507. The van der Waals surface area contributed by atoms with Crippen LogP contribution in [-0.4, -0.2) is 57.8 Å². The second-order valence-electron chi connectivity index (χ2n) is 5.02. The maximum atomic E-state index is 14.3. The zero-order chi connectivity index (χ0) is 15.1. The number of rotatable bonds is 7. The molecule has 0 aromatic heterocycles. The molecule has 1 saturated heterocycles. The largest absolute Gasteiger partial charge is 0.394 e. The van der Waals surface area contributed by atoms with Crippen LogP contribution in [0.5, 0.6) is 0 Å². The van der Waals surface area contributed by atoms with Gasteiger partial charge in [-0.25, -0.2) is 4.39 Å². The number of benzene rings is 1. The molecule has 0 spiro atoms. The second-order valence-corrected chi connectivity index (χ2v) is 5.02. The fourth-order valence-corrected chi connectivity index (χ4v) is 2.52. The van der Waals surface area contributed by atoms with Crippen LogP contribution < -0.4 is 10.2 Å². The third-order valence-electron chi connectivity index (χ3n) is 3.59. The highest BCUT2D eigenvalue weighted by Gasteiger charge is 2.26. The zero-order valence-electron chi connectivity index (χ0n) is 12.3. The topological polar surface area (TPSA) is 54.0 Å². The van der Waals surface area contributed by atoms with Gasteiger partial charge < -0.3 is 24.8 Å². The van der Waals surface area contributed by atoms with E-state index in [9.17, 15) is 9.50 Å². The second kappa shape index (κ2) is 8.29. The molecule has 118 valence electrons. The van der Waals surface area contributed by atoms with Gasteiger partial charge in [0.25, 0.3) is 0 Å². The van der Waals surface area contributed by atoms with Crippen LogP contribution in [0.3, 0.4) is 0 Å². The number of nitrogens with zero attached hydrogens (tertiary/aromatic N) is 1. The summed E-state index contributed by atoms with van der Waals surface area (Å²) in [5, 5.41) is 12.7. The molecule has 1 heterocycles. The monoisotopic (exact) mass is 298 g/mol. The number of methoxy groups -OCH3 is 1. The van der Waals surface area contributed by atoms with Crippen molar-refractivity contribution in [3.8, 4) is 0 Å². The molecule has 0 amide bonds. The van der Waals surface area contributed by atoms with Gasteiger partial charge in [-0.15, -0.1) is 0 Å². The first kappa shape index (κ1) is 16.2. The zero-order valence-corrected chi connectivity index (χ0v) is 12.3.